The molecule has 0 aromatic heterocycles. The zero-order valence-electron chi connectivity index (χ0n) is 10.3. The highest BCUT2D eigenvalue weighted by Gasteiger charge is 2.33. The summed E-state index contributed by atoms with van der Waals surface area (Å²) in [5.41, 5.74) is -0.863. The molecule has 1 aromatic carbocycles. The zero-order valence-corrected chi connectivity index (χ0v) is 10.3. The van der Waals surface area contributed by atoms with Gasteiger partial charge in [-0.1, -0.05) is 6.07 Å². The maximum Gasteiger partial charge on any atom is 0.416 e. The number of anilines is 1. The van der Waals surface area contributed by atoms with Crippen LogP contribution in [0, 0.1) is 0 Å². The monoisotopic (exact) mass is 290 g/mol. The van der Waals surface area contributed by atoms with E-state index in [0.29, 0.717) is 0 Å². The molecule has 1 saturated heterocycles. The van der Waals surface area contributed by atoms with Crippen molar-refractivity contribution in [2.75, 3.05) is 18.4 Å². The number of hydrogen-bond acceptors (Lipinski definition) is 3. The highest BCUT2D eigenvalue weighted by molar-refractivity contribution is 5.89. The Kier molecular flexibility index (Phi) is 3.87. The fraction of sp³-hybridized carbons (Fsp3) is 0.417. The van der Waals surface area contributed by atoms with Crippen LogP contribution in [0.4, 0.5) is 23.7 Å². The number of alkyl halides is 3. The third kappa shape index (κ3) is 3.20. The third-order valence-corrected chi connectivity index (χ3v) is 2.99. The van der Waals surface area contributed by atoms with E-state index in [1.165, 1.54) is 12.1 Å². The van der Waals surface area contributed by atoms with Crippen LogP contribution < -0.4 is 5.32 Å². The molecule has 2 rings (SSSR count). The van der Waals surface area contributed by atoms with Crippen LogP contribution in [0.5, 0.6) is 0 Å². The number of carbonyl (C=O) groups excluding carboxylic acids is 1. The molecule has 1 aliphatic heterocycles. The van der Waals surface area contributed by atoms with Gasteiger partial charge in [-0.25, -0.2) is 4.79 Å². The number of halogens is 3. The molecule has 1 aromatic rings. The normalized spacial score (nSPS) is 22.9. The van der Waals surface area contributed by atoms with E-state index in [1.807, 2.05) is 0 Å². The van der Waals surface area contributed by atoms with Crippen molar-refractivity contribution in [1.82, 2.24) is 4.90 Å². The number of likely N-dealkylation sites (tertiary alicyclic amines) is 1. The topological polar surface area (TPSA) is 72.8 Å². The second kappa shape index (κ2) is 5.29. The molecule has 1 heterocycles. The van der Waals surface area contributed by atoms with Gasteiger partial charge in [-0.2, -0.15) is 13.2 Å². The fourth-order valence-electron chi connectivity index (χ4n) is 1.91. The Hall–Kier alpha value is -1.80. The van der Waals surface area contributed by atoms with Crippen LogP contribution in [0.15, 0.2) is 24.3 Å². The van der Waals surface area contributed by atoms with Crippen LogP contribution in [-0.4, -0.2) is 46.4 Å². The molecule has 3 N–H and O–H groups in total. The molecule has 20 heavy (non-hydrogen) atoms. The maximum atomic E-state index is 12.5. The fourth-order valence-corrected chi connectivity index (χ4v) is 1.91. The van der Waals surface area contributed by atoms with Gasteiger partial charge in [0.2, 0.25) is 0 Å². The molecule has 0 saturated carbocycles. The summed E-state index contributed by atoms with van der Waals surface area (Å²) in [5.74, 6) is 0. The molecule has 0 spiro atoms. The van der Waals surface area contributed by atoms with Crippen molar-refractivity contribution in [3.05, 3.63) is 29.8 Å². The van der Waals surface area contributed by atoms with Crippen molar-refractivity contribution in [2.45, 2.75) is 18.4 Å². The summed E-state index contributed by atoms with van der Waals surface area (Å²) in [7, 11) is 0. The molecular formula is C12H13F3N2O3. The molecule has 0 aliphatic carbocycles. The van der Waals surface area contributed by atoms with Crippen LogP contribution in [0.2, 0.25) is 0 Å². The Balaban J connectivity index is 2.05. The van der Waals surface area contributed by atoms with E-state index in [9.17, 15) is 28.2 Å². The lowest BCUT2D eigenvalue weighted by Crippen LogP contribution is -2.34. The first-order valence-electron chi connectivity index (χ1n) is 5.86. The van der Waals surface area contributed by atoms with E-state index >= 15 is 0 Å². The van der Waals surface area contributed by atoms with Gasteiger partial charge in [0.15, 0.2) is 0 Å². The van der Waals surface area contributed by atoms with E-state index in [1.54, 1.807) is 0 Å². The number of carbonyl (C=O) groups is 1. The van der Waals surface area contributed by atoms with Crippen molar-refractivity contribution in [1.29, 1.82) is 0 Å². The summed E-state index contributed by atoms with van der Waals surface area (Å²) in [4.78, 5) is 12.9. The van der Waals surface area contributed by atoms with Gasteiger partial charge in [-0.3, -0.25) is 0 Å². The number of aliphatic hydroxyl groups excluding tert-OH is 2. The second-order valence-corrected chi connectivity index (χ2v) is 4.55. The number of hydrogen-bond donors (Lipinski definition) is 3. The van der Waals surface area contributed by atoms with Crippen LogP contribution in [0.3, 0.4) is 0 Å². The third-order valence-electron chi connectivity index (χ3n) is 2.99. The van der Waals surface area contributed by atoms with Gasteiger partial charge in [0, 0.05) is 5.69 Å². The summed E-state index contributed by atoms with van der Waals surface area (Å²) in [6, 6.07) is 3.57. The summed E-state index contributed by atoms with van der Waals surface area (Å²) in [5, 5.41) is 20.9. The summed E-state index contributed by atoms with van der Waals surface area (Å²) in [6.07, 6.45) is -6.56. The van der Waals surface area contributed by atoms with E-state index in [0.717, 1.165) is 17.0 Å². The number of amides is 2. The summed E-state index contributed by atoms with van der Waals surface area (Å²) >= 11 is 0. The average Bonchev–Trinajstić information content (AvgIpc) is 2.69. The smallest absolute Gasteiger partial charge is 0.388 e. The number of benzene rings is 1. The number of aliphatic hydroxyl groups is 2. The van der Waals surface area contributed by atoms with Gasteiger partial charge in [0.25, 0.3) is 0 Å². The summed E-state index contributed by atoms with van der Waals surface area (Å²) in [6.45, 7) is -0.127. The standard InChI is InChI=1S/C12H13F3N2O3/c13-12(14,15)7-2-1-3-8(4-7)16-11(20)17-5-9(18)10(19)6-17/h1-4,9-10,18-19H,5-6H2,(H,16,20)/t9-,10+. The molecule has 0 radical (unpaired) electrons. The van der Waals surface area contributed by atoms with Gasteiger partial charge < -0.3 is 20.4 Å². The largest absolute Gasteiger partial charge is 0.416 e. The van der Waals surface area contributed by atoms with Crippen molar-refractivity contribution in [3.8, 4) is 0 Å². The minimum atomic E-state index is -4.49. The highest BCUT2D eigenvalue weighted by atomic mass is 19.4. The van der Waals surface area contributed by atoms with Crippen molar-refractivity contribution < 1.29 is 28.2 Å². The predicted octanol–water partition coefficient (Wildman–Crippen LogP) is 1.27. The zero-order chi connectivity index (χ0) is 14.9. The number of nitrogens with one attached hydrogen (secondary N) is 1. The maximum absolute atomic E-state index is 12.5. The first-order valence-corrected chi connectivity index (χ1v) is 5.86. The number of rotatable bonds is 1. The van der Waals surface area contributed by atoms with Gasteiger partial charge in [0.05, 0.1) is 30.9 Å². The van der Waals surface area contributed by atoms with Crippen LogP contribution >= 0.6 is 0 Å². The van der Waals surface area contributed by atoms with E-state index in [-0.39, 0.29) is 18.8 Å². The minimum Gasteiger partial charge on any atom is -0.388 e. The predicted molar refractivity (Wildman–Crippen MR) is 64.0 cm³/mol. The molecule has 0 bridgehead atoms. The second-order valence-electron chi connectivity index (χ2n) is 4.55. The minimum absolute atomic E-state index is 0.000652. The Morgan fingerprint density at radius 3 is 2.40 bits per heavy atom. The SMILES string of the molecule is O=C(Nc1cccc(C(F)(F)F)c1)N1C[C@@H](O)[C@@H](O)C1. The van der Waals surface area contributed by atoms with Gasteiger partial charge in [0.1, 0.15) is 0 Å². The molecule has 5 nitrogen and oxygen atoms in total. The molecule has 1 fully saturated rings. The van der Waals surface area contributed by atoms with Crippen molar-refractivity contribution in [2.24, 2.45) is 0 Å². The van der Waals surface area contributed by atoms with Crippen LogP contribution in [-0.2, 0) is 6.18 Å². The first kappa shape index (κ1) is 14.6. The summed E-state index contributed by atoms with van der Waals surface area (Å²) < 4.78 is 37.6. The molecule has 2 atom stereocenters. The van der Waals surface area contributed by atoms with Crippen molar-refractivity contribution in [3.63, 3.8) is 0 Å². The van der Waals surface area contributed by atoms with E-state index in [2.05, 4.69) is 5.32 Å². The van der Waals surface area contributed by atoms with Crippen LogP contribution in [0.25, 0.3) is 0 Å². The molecular weight excluding hydrogens is 277 g/mol. The molecule has 0 unspecified atom stereocenters. The number of nitrogens with zero attached hydrogens (tertiary/aromatic N) is 1. The van der Waals surface area contributed by atoms with Gasteiger partial charge in [-0.05, 0) is 18.2 Å². The number of urea groups is 1. The van der Waals surface area contributed by atoms with Crippen LogP contribution in [0.1, 0.15) is 5.56 Å². The average molecular weight is 290 g/mol. The molecule has 2 amide bonds. The first-order chi connectivity index (χ1) is 9.27. The van der Waals surface area contributed by atoms with Crippen molar-refractivity contribution >= 4 is 11.7 Å². The molecule has 110 valence electrons. The lowest BCUT2D eigenvalue weighted by molar-refractivity contribution is -0.137. The lowest BCUT2D eigenvalue weighted by atomic mass is 10.2. The Morgan fingerprint density at radius 1 is 1.25 bits per heavy atom. The molecule has 8 heteroatoms. The molecule has 1 aliphatic rings. The van der Waals surface area contributed by atoms with Gasteiger partial charge >= 0.3 is 12.2 Å². The Labute approximate surface area is 112 Å². The highest BCUT2D eigenvalue weighted by Crippen LogP contribution is 2.30. The van der Waals surface area contributed by atoms with E-state index < -0.39 is 30.0 Å². The van der Waals surface area contributed by atoms with E-state index in [4.69, 9.17) is 0 Å². The lowest BCUT2D eigenvalue weighted by Gasteiger charge is -2.17. The quantitative estimate of drug-likeness (QED) is 0.729. The number of β-amino-alcohol motifs (C(OH)–C–C–N with tert-alkyl or cyclic N) is 2. The Bertz CT molecular complexity index is 497. The Morgan fingerprint density at radius 2 is 1.85 bits per heavy atom. The van der Waals surface area contributed by atoms with Gasteiger partial charge in [-0.15, -0.1) is 0 Å².